The molecule has 32 heavy (non-hydrogen) atoms. The highest BCUT2D eigenvalue weighted by Crippen LogP contribution is 2.22. The number of carbonyl (C=O) groups is 1. The number of nitrogens with one attached hydrogen (secondary N) is 1. The smallest absolute Gasteiger partial charge is 0.244 e. The quantitative estimate of drug-likeness (QED) is 0.602. The van der Waals surface area contributed by atoms with Gasteiger partial charge in [0.2, 0.25) is 5.91 Å². The molecule has 3 aromatic rings. The Kier molecular flexibility index (Phi) is 6.71. The van der Waals surface area contributed by atoms with Crippen LogP contribution >= 0.6 is 0 Å². The van der Waals surface area contributed by atoms with E-state index in [2.05, 4.69) is 70.9 Å². The van der Waals surface area contributed by atoms with E-state index in [4.69, 9.17) is 4.74 Å². The first-order valence-electron chi connectivity index (χ1n) is 11.0. The Hall–Kier alpha value is -3.38. The van der Waals surface area contributed by atoms with Gasteiger partial charge in [-0.05, 0) is 68.3 Å². The number of hydrogen-bond acceptors (Lipinski definition) is 4. The van der Waals surface area contributed by atoms with Gasteiger partial charge in [0, 0.05) is 49.0 Å². The van der Waals surface area contributed by atoms with Crippen LogP contribution in [0.1, 0.15) is 28.1 Å². The largest absolute Gasteiger partial charge is 0.378 e. The second kappa shape index (κ2) is 9.83. The molecule has 6 heteroatoms. The molecule has 1 N–H and O–H groups in total. The van der Waals surface area contributed by atoms with Gasteiger partial charge >= 0.3 is 0 Å². The molecule has 0 spiro atoms. The number of hydrogen-bond donors (Lipinski definition) is 1. The molecule has 1 aliphatic rings. The van der Waals surface area contributed by atoms with Crippen LogP contribution in [-0.2, 0) is 16.1 Å². The van der Waals surface area contributed by atoms with Gasteiger partial charge in [0.1, 0.15) is 5.82 Å². The first kappa shape index (κ1) is 21.8. The topological polar surface area (TPSA) is 59.4 Å². The number of anilines is 1. The minimum Gasteiger partial charge on any atom is -0.378 e. The third-order valence-electron chi connectivity index (χ3n) is 5.79. The summed E-state index contributed by atoms with van der Waals surface area (Å²) >= 11 is 0. The lowest BCUT2D eigenvalue weighted by Gasteiger charge is -2.28. The Bertz CT molecular complexity index is 1110. The molecule has 3 heterocycles. The fourth-order valence-corrected chi connectivity index (χ4v) is 4.00. The Labute approximate surface area is 189 Å². The summed E-state index contributed by atoms with van der Waals surface area (Å²) in [5.41, 5.74) is 6.68. The molecule has 0 saturated carbocycles. The average molecular weight is 431 g/mol. The molecular formula is C26H30N4O2. The van der Waals surface area contributed by atoms with E-state index in [1.165, 1.54) is 5.56 Å². The minimum absolute atomic E-state index is 0.116. The standard InChI is InChI=1S/C26H30N4O2/c1-19-4-7-24(8-5-19)30-20(2)16-23(21(30)3)6-9-26(31)28-18-22-10-11-27-25(17-22)29-12-14-32-15-13-29/h4-11,16-17H,12-15,18H2,1-3H3,(H,28,31)/b9-6+. The average Bonchev–Trinajstić information content (AvgIpc) is 3.10. The highest BCUT2D eigenvalue weighted by atomic mass is 16.5. The van der Waals surface area contributed by atoms with Crippen molar-refractivity contribution >= 4 is 17.8 Å². The summed E-state index contributed by atoms with van der Waals surface area (Å²) in [6.45, 7) is 9.83. The van der Waals surface area contributed by atoms with Crippen molar-refractivity contribution in [3.05, 3.63) is 82.8 Å². The van der Waals surface area contributed by atoms with Gasteiger partial charge in [-0.25, -0.2) is 4.98 Å². The van der Waals surface area contributed by atoms with Crippen LogP contribution < -0.4 is 10.2 Å². The highest BCUT2D eigenvalue weighted by Gasteiger charge is 2.13. The SMILES string of the molecule is Cc1ccc(-n2c(C)cc(/C=C/C(=O)NCc3ccnc(N4CCOCC4)c3)c2C)cc1. The third kappa shape index (κ3) is 5.08. The maximum absolute atomic E-state index is 12.4. The van der Waals surface area contributed by atoms with Crippen molar-refractivity contribution in [2.24, 2.45) is 0 Å². The lowest BCUT2D eigenvalue weighted by Crippen LogP contribution is -2.36. The molecule has 1 saturated heterocycles. The van der Waals surface area contributed by atoms with E-state index in [-0.39, 0.29) is 5.91 Å². The Morgan fingerprint density at radius 2 is 1.84 bits per heavy atom. The van der Waals surface area contributed by atoms with Crippen molar-refractivity contribution in [2.75, 3.05) is 31.2 Å². The van der Waals surface area contributed by atoms with Crippen molar-refractivity contribution in [2.45, 2.75) is 27.3 Å². The van der Waals surface area contributed by atoms with Crippen molar-refractivity contribution in [1.29, 1.82) is 0 Å². The van der Waals surface area contributed by atoms with Crippen LogP contribution in [0.5, 0.6) is 0 Å². The van der Waals surface area contributed by atoms with Crippen LogP contribution in [0.2, 0.25) is 0 Å². The van der Waals surface area contributed by atoms with E-state index in [1.54, 1.807) is 12.3 Å². The van der Waals surface area contributed by atoms with Crippen molar-refractivity contribution in [3.63, 3.8) is 0 Å². The van der Waals surface area contributed by atoms with Gasteiger partial charge < -0.3 is 19.5 Å². The van der Waals surface area contributed by atoms with Crippen LogP contribution in [-0.4, -0.2) is 41.8 Å². The van der Waals surface area contributed by atoms with Crippen LogP contribution in [0.15, 0.2) is 54.7 Å². The van der Waals surface area contributed by atoms with Crippen LogP contribution in [0.3, 0.4) is 0 Å². The lowest BCUT2D eigenvalue weighted by atomic mass is 10.2. The van der Waals surface area contributed by atoms with Gasteiger partial charge in [-0.1, -0.05) is 17.7 Å². The molecule has 2 aromatic heterocycles. The number of benzene rings is 1. The molecule has 1 amide bonds. The molecule has 4 rings (SSSR count). The monoisotopic (exact) mass is 430 g/mol. The maximum Gasteiger partial charge on any atom is 0.244 e. The summed E-state index contributed by atoms with van der Waals surface area (Å²) < 4.78 is 7.61. The molecule has 1 aromatic carbocycles. The highest BCUT2D eigenvalue weighted by molar-refractivity contribution is 5.91. The van der Waals surface area contributed by atoms with Gasteiger partial charge in [-0.15, -0.1) is 0 Å². The van der Waals surface area contributed by atoms with E-state index < -0.39 is 0 Å². The number of aromatic nitrogens is 2. The number of morpholine rings is 1. The summed E-state index contributed by atoms with van der Waals surface area (Å²) in [5, 5.41) is 2.97. The fraction of sp³-hybridized carbons (Fsp3) is 0.308. The second-order valence-corrected chi connectivity index (χ2v) is 8.17. The first-order valence-corrected chi connectivity index (χ1v) is 11.0. The molecule has 0 atom stereocenters. The Balaban J connectivity index is 1.39. The number of ether oxygens (including phenoxy) is 1. The molecule has 6 nitrogen and oxygen atoms in total. The van der Waals surface area contributed by atoms with Crippen LogP contribution in [0.25, 0.3) is 11.8 Å². The predicted molar refractivity (Wildman–Crippen MR) is 128 cm³/mol. The van der Waals surface area contributed by atoms with Gasteiger partial charge in [0.25, 0.3) is 0 Å². The van der Waals surface area contributed by atoms with E-state index in [0.717, 1.165) is 60.3 Å². The number of amides is 1. The lowest BCUT2D eigenvalue weighted by molar-refractivity contribution is -0.116. The van der Waals surface area contributed by atoms with Crippen LogP contribution in [0.4, 0.5) is 5.82 Å². The number of aryl methyl sites for hydroxylation is 2. The zero-order valence-electron chi connectivity index (χ0n) is 19.0. The molecule has 166 valence electrons. The summed E-state index contributed by atoms with van der Waals surface area (Å²) in [6.07, 6.45) is 5.28. The molecular weight excluding hydrogens is 400 g/mol. The third-order valence-corrected chi connectivity index (χ3v) is 5.79. The molecule has 0 radical (unpaired) electrons. The Morgan fingerprint density at radius 3 is 2.59 bits per heavy atom. The van der Waals surface area contributed by atoms with Crippen molar-refractivity contribution < 1.29 is 9.53 Å². The van der Waals surface area contributed by atoms with Gasteiger partial charge in [0.05, 0.1) is 13.2 Å². The fourth-order valence-electron chi connectivity index (χ4n) is 4.00. The van der Waals surface area contributed by atoms with Crippen LogP contribution in [0, 0.1) is 20.8 Å². The second-order valence-electron chi connectivity index (χ2n) is 8.17. The maximum atomic E-state index is 12.4. The van der Waals surface area contributed by atoms with Gasteiger partial charge in [-0.2, -0.15) is 0 Å². The number of pyridine rings is 1. The Morgan fingerprint density at radius 1 is 1.09 bits per heavy atom. The zero-order chi connectivity index (χ0) is 22.5. The van der Waals surface area contributed by atoms with Crippen molar-refractivity contribution in [3.8, 4) is 5.69 Å². The predicted octanol–water partition coefficient (Wildman–Crippen LogP) is 3.96. The molecule has 0 unspecified atom stereocenters. The zero-order valence-corrected chi connectivity index (χ0v) is 19.0. The first-order chi connectivity index (χ1) is 15.5. The number of nitrogens with zero attached hydrogens (tertiary/aromatic N) is 3. The molecule has 1 fully saturated rings. The number of carbonyl (C=O) groups excluding carboxylic acids is 1. The van der Waals surface area contributed by atoms with E-state index in [0.29, 0.717) is 6.54 Å². The molecule has 0 aliphatic carbocycles. The summed E-state index contributed by atoms with van der Waals surface area (Å²) in [6, 6.07) is 14.5. The molecule has 1 aliphatic heterocycles. The molecule has 0 bridgehead atoms. The minimum atomic E-state index is -0.116. The van der Waals surface area contributed by atoms with Crippen molar-refractivity contribution in [1.82, 2.24) is 14.9 Å². The van der Waals surface area contributed by atoms with E-state index in [9.17, 15) is 4.79 Å². The summed E-state index contributed by atoms with van der Waals surface area (Å²) in [7, 11) is 0. The number of rotatable bonds is 6. The normalized spacial score (nSPS) is 14.2. The summed E-state index contributed by atoms with van der Waals surface area (Å²) in [5.74, 6) is 0.814. The summed E-state index contributed by atoms with van der Waals surface area (Å²) in [4.78, 5) is 19.1. The van der Waals surface area contributed by atoms with E-state index in [1.807, 2.05) is 18.2 Å². The van der Waals surface area contributed by atoms with Gasteiger partial charge in [0.15, 0.2) is 0 Å². The van der Waals surface area contributed by atoms with Gasteiger partial charge in [-0.3, -0.25) is 4.79 Å². The van der Waals surface area contributed by atoms with E-state index >= 15 is 0 Å².